The van der Waals surface area contributed by atoms with E-state index in [1.54, 1.807) is 19.3 Å². The third-order valence-corrected chi connectivity index (χ3v) is 5.73. The second kappa shape index (κ2) is 11.1. The Morgan fingerprint density at radius 2 is 1.69 bits per heavy atom. The van der Waals surface area contributed by atoms with E-state index in [1.807, 2.05) is 44.2 Å². The zero-order valence-corrected chi connectivity index (χ0v) is 20.4. The number of benzene rings is 3. The smallest absolute Gasteiger partial charge is 0.244 e. The van der Waals surface area contributed by atoms with Gasteiger partial charge in [-0.05, 0) is 62.2 Å². The van der Waals surface area contributed by atoms with Crippen LogP contribution in [0.25, 0.3) is 27.7 Å². The number of ether oxygens (including phenoxy) is 2. The fourth-order valence-corrected chi connectivity index (χ4v) is 3.96. The van der Waals surface area contributed by atoms with Crippen molar-refractivity contribution in [1.82, 2.24) is 5.32 Å². The fraction of sp³-hybridized carbons (Fsp3) is 0.207. The Morgan fingerprint density at radius 3 is 2.36 bits per heavy atom. The quantitative estimate of drug-likeness (QED) is 0.259. The zero-order chi connectivity index (χ0) is 25.7. The third kappa shape index (κ3) is 5.40. The van der Waals surface area contributed by atoms with E-state index in [0.29, 0.717) is 35.7 Å². The Bertz CT molecular complexity index is 1390. The van der Waals surface area contributed by atoms with E-state index in [1.165, 1.54) is 12.1 Å². The molecule has 0 spiro atoms. The van der Waals surface area contributed by atoms with Gasteiger partial charge >= 0.3 is 0 Å². The van der Waals surface area contributed by atoms with E-state index in [9.17, 15) is 13.6 Å². The summed E-state index contributed by atoms with van der Waals surface area (Å²) in [6.45, 7) is 6.34. The predicted octanol–water partition coefficient (Wildman–Crippen LogP) is 6.90. The van der Waals surface area contributed by atoms with Crippen LogP contribution in [-0.4, -0.2) is 19.1 Å². The van der Waals surface area contributed by atoms with E-state index >= 15 is 0 Å². The van der Waals surface area contributed by atoms with Crippen LogP contribution in [0.2, 0.25) is 0 Å². The molecule has 0 bridgehead atoms. The zero-order valence-electron chi connectivity index (χ0n) is 20.4. The monoisotopic (exact) mass is 491 g/mol. The molecule has 0 fully saturated rings. The molecule has 186 valence electrons. The summed E-state index contributed by atoms with van der Waals surface area (Å²) < 4.78 is 44.9. The van der Waals surface area contributed by atoms with Crippen molar-refractivity contribution in [2.45, 2.75) is 27.3 Å². The summed E-state index contributed by atoms with van der Waals surface area (Å²) in [5.41, 5.74) is 3.66. The average Bonchev–Trinajstić information content (AvgIpc) is 3.27. The lowest BCUT2D eigenvalue weighted by Gasteiger charge is -2.12. The number of carbonyl (C=O) groups is 1. The van der Waals surface area contributed by atoms with E-state index in [2.05, 4.69) is 5.32 Å². The molecule has 0 saturated heterocycles. The number of halogens is 2. The molecule has 36 heavy (non-hydrogen) atoms. The number of hydrogen-bond donors (Lipinski definition) is 1. The van der Waals surface area contributed by atoms with Crippen LogP contribution >= 0.6 is 0 Å². The SMILES string of the molecule is CCOc1ccc(-c2coc3cc(OCC)c(/C(C)=C/C(=O)NCc4c(F)cccc4F)cc23)cc1. The van der Waals surface area contributed by atoms with Crippen LogP contribution in [0, 0.1) is 11.6 Å². The van der Waals surface area contributed by atoms with Gasteiger partial charge in [0.2, 0.25) is 5.91 Å². The van der Waals surface area contributed by atoms with Gasteiger partial charge in [0, 0.05) is 40.8 Å². The van der Waals surface area contributed by atoms with Crippen molar-refractivity contribution in [3.8, 4) is 22.6 Å². The largest absolute Gasteiger partial charge is 0.494 e. The molecular formula is C29H27F2NO4. The van der Waals surface area contributed by atoms with Crippen LogP contribution in [0.1, 0.15) is 31.9 Å². The summed E-state index contributed by atoms with van der Waals surface area (Å²) in [4.78, 5) is 12.6. The fourth-order valence-electron chi connectivity index (χ4n) is 3.96. The minimum absolute atomic E-state index is 0.188. The Hall–Kier alpha value is -4.13. The highest BCUT2D eigenvalue weighted by molar-refractivity contribution is 6.00. The van der Waals surface area contributed by atoms with Crippen molar-refractivity contribution in [1.29, 1.82) is 0 Å². The first-order chi connectivity index (χ1) is 17.4. The maximum absolute atomic E-state index is 13.9. The van der Waals surface area contributed by atoms with Gasteiger partial charge < -0.3 is 19.2 Å². The van der Waals surface area contributed by atoms with Gasteiger partial charge in [0.25, 0.3) is 0 Å². The highest BCUT2D eigenvalue weighted by Crippen LogP contribution is 2.38. The van der Waals surface area contributed by atoms with Crippen LogP contribution < -0.4 is 14.8 Å². The highest BCUT2D eigenvalue weighted by atomic mass is 19.1. The number of amides is 1. The Balaban J connectivity index is 1.64. The van der Waals surface area contributed by atoms with Gasteiger partial charge in [0.05, 0.1) is 19.5 Å². The first-order valence-electron chi connectivity index (χ1n) is 11.7. The molecule has 1 amide bonds. The molecule has 0 aliphatic rings. The molecule has 7 heteroatoms. The maximum atomic E-state index is 13.9. The van der Waals surface area contributed by atoms with Crippen molar-refractivity contribution >= 4 is 22.4 Å². The van der Waals surface area contributed by atoms with Crippen molar-refractivity contribution < 1.29 is 27.5 Å². The van der Waals surface area contributed by atoms with Gasteiger partial charge in [0.1, 0.15) is 28.7 Å². The molecule has 0 saturated carbocycles. The first kappa shape index (κ1) is 25.0. The van der Waals surface area contributed by atoms with E-state index in [0.717, 1.165) is 34.4 Å². The Kier molecular flexibility index (Phi) is 7.68. The molecule has 0 atom stereocenters. The Labute approximate surface area is 208 Å². The molecule has 1 N–H and O–H groups in total. The van der Waals surface area contributed by atoms with Gasteiger partial charge in [-0.25, -0.2) is 8.78 Å². The molecule has 4 aromatic rings. The average molecular weight is 492 g/mol. The predicted molar refractivity (Wildman–Crippen MR) is 136 cm³/mol. The number of nitrogens with one attached hydrogen (secondary N) is 1. The van der Waals surface area contributed by atoms with Gasteiger partial charge in [-0.1, -0.05) is 18.2 Å². The van der Waals surface area contributed by atoms with E-state index in [4.69, 9.17) is 13.9 Å². The molecule has 1 heterocycles. The van der Waals surface area contributed by atoms with Crippen LogP contribution in [0.3, 0.4) is 0 Å². The lowest BCUT2D eigenvalue weighted by atomic mass is 9.99. The topological polar surface area (TPSA) is 60.7 Å². The molecule has 3 aromatic carbocycles. The van der Waals surface area contributed by atoms with E-state index < -0.39 is 17.5 Å². The van der Waals surface area contributed by atoms with Crippen molar-refractivity contribution in [3.63, 3.8) is 0 Å². The van der Waals surface area contributed by atoms with Crippen molar-refractivity contribution in [3.05, 3.63) is 89.7 Å². The van der Waals surface area contributed by atoms with Crippen molar-refractivity contribution in [2.75, 3.05) is 13.2 Å². The standard InChI is InChI=1S/C29H27F2NO4/c1-4-34-20-11-9-19(10-12-20)24-17-36-28-15-27(35-5-2)21(14-22(24)28)18(3)13-29(33)32-16-23-25(30)7-6-8-26(23)31/h6-15,17H,4-5,16H2,1-3H3,(H,32,33)/b18-13+. The van der Waals surface area contributed by atoms with Gasteiger partial charge in [-0.15, -0.1) is 0 Å². The molecule has 0 aliphatic carbocycles. The number of rotatable bonds is 9. The molecule has 0 aliphatic heterocycles. The first-order valence-corrected chi connectivity index (χ1v) is 11.7. The normalized spacial score (nSPS) is 11.5. The minimum Gasteiger partial charge on any atom is -0.494 e. The van der Waals surface area contributed by atoms with E-state index in [-0.39, 0.29) is 12.1 Å². The number of furan rings is 1. The molecule has 0 radical (unpaired) electrons. The molecule has 1 aromatic heterocycles. The van der Waals surface area contributed by atoms with Crippen LogP contribution in [0.5, 0.6) is 11.5 Å². The summed E-state index contributed by atoms with van der Waals surface area (Å²) in [6.07, 6.45) is 3.08. The number of allylic oxidation sites excluding steroid dienone is 1. The number of carbonyl (C=O) groups excluding carboxylic acids is 1. The second-order valence-electron chi connectivity index (χ2n) is 8.13. The van der Waals surface area contributed by atoms with Crippen LogP contribution in [0.4, 0.5) is 8.78 Å². The Morgan fingerprint density at radius 1 is 1.00 bits per heavy atom. The summed E-state index contributed by atoms with van der Waals surface area (Å²) in [5.74, 6) is -0.534. The van der Waals surface area contributed by atoms with Gasteiger partial charge in [0.15, 0.2) is 0 Å². The summed E-state index contributed by atoms with van der Waals surface area (Å²) in [5, 5.41) is 3.41. The molecular weight excluding hydrogens is 464 g/mol. The molecule has 5 nitrogen and oxygen atoms in total. The lowest BCUT2D eigenvalue weighted by molar-refractivity contribution is -0.116. The minimum atomic E-state index is -0.707. The van der Waals surface area contributed by atoms with Gasteiger partial charge in [-0.2, -0.15) is 0 Å². The van der Waals surface area contributed by atoms with Crippen molar-refractivity contribution in [2.24, 2.45) is 0 Å². The third-order valence-electron chi connectivity index (χ3n) is 5.73. The summed E-state index contributed by atoms with van der Waals surface area (Å²) in [7, 11) is 0. The highest BCUT2D eigenvalue weighted by Gasteiger charge is 2.16. The molecule has 0 unspecified atom stereocenters. The number of fused-ring (bicyclic) bond motifs is 1. The van der Waals surface area contributed by atoms with Gasteiger partial charge in [-0.3, -0.25) is 4.79 Å². The van der Waals surface area contributed by atoms with Crippen LogP contribution in [0.15, 0.2) is 71.4 Å². The summed E-state index contributed by atoms with van der Waals surface area (Å²) in [6, 6.07) is 15.0. The second-order valence-corrected chi connectivity index (χ2v) is 8.13. The molecule has 4 rings (SSSR count). The maximum Gasteiger partial charge on any atom is 0.244 e. The lowest BCUT2D eigenvalue weighted by Crippen LogP contribution is -2.22. The van der Waals surface area contributed by atoms with Crippen LogP contribution in [-0.2, 0) is 11.3 Å². The summed E-state index contributed by atoms with van der Waals surface area (Å²) >= 11 is 0. The number of hydrogen-bond acceptors (Lipinski definition) is 4.